The number of methoxy groups -OCH3 is 4. The van der Waals surface area contributed by atoms with Crippen molar-refractivity contribution in [3.8, 4) is 22.8 Å². The largest absolute Gasteiger partial charge is 0.468 e. The first kappa shape index (κ1) is 30.8. The minimum Gasteiger partial charge on any atom is -0.468 e. The van der Waals surface area contributed by atoms with Gasteiger partial charge >= 0.3 is 23.9 Å². The van der Waals surface area contributed by atoms with E-state index in [-0.39, 0.29) is 25.7 Å². The molecule has 0 saturated heterocycles. The van der Waals surface area contributed by atoms with E-state index in [2.05, 4.69) is 0 Å². The first-order valence-electron chi connectivity index (χ1n) is 14.2. The lowest BCUT2D eigenvalue weighted by molar-refractivity contribution is -0.170. The molecule has 0 atom stereocenters. The normalized spacial score (nSPS) is 15.6. The number of hydrogen-bond donors (Lipinski definition) is 0. The van der Waals surface area contributed by atoms with Crippen molar-refractivity contribution >= 4 is 23.9 Å². The summed E-state index contributed by atoms with van der Waals surface area (Å²) in [5.74, 6) is -2.56. The zero-order valence-corrected chi connectivity index (χ0v) is 26.2. The van der Waals surface area contributed by atoms with E-state index in [1.54, 1.807) is 0 Å². The zero-order chi connectivity index (χ0) is 32.1. The van der Waals surface area contributed by atoms with E-state index in [0.717, 1.165) is 33.4 Å². The standard InChI is InChI=1S/C33H35N3O8/c1-16-20-12-32(28(37)41-5,29(38)42-6)14-22(20)18(3)34-26(16)24-10-9-11-25(36-24)27-17(2)21-13-33(30(39)43-7,31(40)44-8)15-23(21)19(4)35-27/h9-11H,12-15H2,1-8H3. The summed E-state index contributed by atoms with van der Waals surface area (Å²) >= 11 is 0. The molecule has 0 fully saturated rings. The first-order valence-corrected chi connectivity index (χ1v) is 14.2. The van der Waals surface area contributed by atoms with Crippen LogP contribution >= 0.6 is 0 Å². The summed E-state index contributed by atoms with van der Waals surface area (Å²) in [6.45, 7) is 7.51. The second-order valence-corrected chi connectivity index (χ2v) is 11.5. The van der Waals surface area contributed by atoms with Gasteiger partial charge in [0.1, 0.15) is 0 Å². The summed E-state index contributed by atoms with van der Waals surface area (Å²) < 4.78 is 20.1. The van der Waals surface area contributed by atoms with Gasteiger partial charge in [-0.15, -0.1) is 0 Å². The van der Waals surface area contributed by atoms with E-state index in [0.29, 0.717) is 34.2 Å². The molecule has 0 saturated carbocycles. The number of hydrogen-bond acceptors (Lipinski definition) is 11. The van der Waals surface area contributed by atoms with Gasteiger partial charge in [0, 0.05) is 37.1 Å². The van der Waals surface area contributed by atoms with Crippen molar-refractivity contribution in [2.24, 2.45) is 10.8 Å². The average Bonchev–Trinajstić information content (AvgIpc) is 3.66. The third kappa shape index (κ3) is 4.44. The summed E-state index contributed by atoms with van der Waals surface area (Å²) in [7, 11) is 5.04. The van der Waals surface area contributed by atoms with Gasteiger partial charge in [-0.25, -0.2) is 4.98 Å². The van der Waals surface area contributed by atoms with Gasteiger partial charge in [-0.05, 0) is 73.2 Å². The van der Waals surface area contributed by atoms with Crippen molar-refractivity contribution < 1.29 is 38.1 Å². The van der Waals surface area contributed by atoms with Crippen LogP contribution < -0.4 is 0 Å². The molecular formula is C33H35N3O8. The number of aryl methyl sites for hydroxylation is 2. The molecule has 0 aromatic carbocycles. The maximum Gasteiger partial charge on any atom is 0.323 e. The minimum absolute atomic E-state index is 0.135. The van der Waals surface area contributed by atoms with E-state index in [9.17, 15) is 19.2 Å². The van der Waals surface area contributed by atoms with Crippen LogP contribution in [0.2, 0.25) is 0 Å². The lowest BCUT2D eigenvalue weighted by atomic mass is 9.84. The lowest BCUT2D eigenvalue weighted by Crippen LogP contribution is -2.42. The smallest absolute Gasteiger partial charge is 0.323 e. The maximum atomic E-state index is 12.9. The molecule has 230 valence electrons. The van der Waals surface area contributed by atoms with E-state index in [4.69, 9.17) is 33.9 Å². The van der Waals surface area contributed by atoms with Gasteiger partial charge in [-0.3, -0.25) is 29.1 Å². The molecule has 11 nitrogen and oxygen atoms in total. The Morgan fingerprint density at radius 3 is 1.18 bits per heavy atom. The van der Waals surface area contributed by atoms with Crippen molar-refractivity contribution in [3.63, 3.8) is 0 Å². The number of aromatic nitrogens is 3. The fourth-order valence-corrected chi connectivity index (χ4v) is 6.82. The van der Waals surface area contributed by atoms with Gasteiger partial charge in [0.2, 0.25) is 0 Å². The number of ether oxygens (including phenoxy) is 4. The van der Waals surface area contributed by atoms with Gasteiger partial charge < -0.3 is 18.9 Å². The Hall–Kier alpha value is -4.67. The number of carbonyl (C=O) groups excluding carboxylic acids is 4. The first-order chi connectivity index (χ1) is 20.9. The molecule has 3 aromatic heterocycles. The van der Waals surface area contributed by atoms with Gasteiger partial charge in [0.15, 0.2) is 10.8 Å². The van der Waals surface area contributed by atoms with Crippen molar-refractivity contribution in [2.45, 2.75) is 53.4 Å². The number of pyridine rings is 3. The van der Waals surface area contributed by atoms with Crippen molar-refractivity contribution in [2.75, 3.05) is 28.4 Å². The highest BCUT2D eigenvalue weighted by molar-refractivity contribution is 6.02. The van der Waals surface area contributed by atoms with E-state index in [1.807, 2.05) is 45.9 Å². The number of rotatable bonds is 6. The minimum atomic E-state index is -1.47. The molecule has 0 bridgehead atoms. The average molecular weight is 602 g/mol. The summed E-state index contributed by atoms with van der Waals surface area (Å²) in [5.41, 5.74) is 5.83. The highest BCUT2D eigenvalue weighted by Crippen LogP contribution is 2.45. The Bertz CT molecular complexity index is 1590. The predicted molar refractivity (Wildman–Crippen MR) is 157 cm³/mol. The molecule has 5 rings (SSSR count). The Kier molecular flexibility index (Phi) is 7.77. The van der Waals surface area contributed by atoms with Gasteiger partial charge in [0.05, 0.1) is 51.2 Å². The Labute approximate surface area is 255 Å². The van der Waals surface area contributed by atoms with Crippen LogP contribution in [0.3, 0.4) is 0 Å². The predicted octanol–water partition coefficient (Wildman–Crippen LogP) is 3.30. The molecular weight excluding hydrogens is 566 g/mol. The third-order valence-corrected chi connectivity index (χ3v) is 9.23. The van der Waals surface area contributed by atoms with Crippen LogP contribution in [-0.2, 0) is 63.8 Å². The molecule has 44 heavy (non-hydrogen) atoms. The number of carbonyl (C=O) groups is 4. The second kappa shape index (κ2) is 11.1. The third-order valence-electron chi connectivity index (χ3n) is 9.23. The number of esters is 4. The second-order valence-electron chi connectivity index (χ2n) is 11.5. The monoisotopic (exact) mass is 601 g/mol. The van der Waals surface area contributed by atoms with Crippen molar-refractivity contribution in [1.82, 2.24) is 15.0 Å². The van der Waals surface area contributed by atoms with Crippen LogP contribution in [0.25, 0.3) is 22.8 Å². The van der Waals surface area contributed by atoms with Gasteiger partial charge in [-0.2, -0.15) is 0 Å². The molecule has 0 unspecified atom stereocenters. The fourth-order valence-electron chi connectivity index (χ4n) is 6.82. The molecule has 0 N–H and O–H groups in total. The maximum absolute atomic E-state index is 12.9. The van der Waals surface area contributed by atoms with Crippen LogP contribution in [0.1, 0.15) is 44.8 Å². The highest BCUT2D eigenvalue weighted by atomic mass is 16.6. The molecule has 2 aliphatic carbocycles. The quantitative estimate of drug-likeness (QED) is 0.233. The van der Waals surface area contributed by atoms with Gasteiger partial charge in [-0.1, -0.05) is 6.07 Å². The Morgan fingerprint density at radius 1 is 0.545 bits per heavy atom. The van der Waals surface area contributed by atoms with Crippen LogP contribution in [0.4, 0.5) is 0 Å². The number of fused-ring (bicyclic) bond motifs is 2. The molecule has 0 radical (unpaired) electrons. The van der Waals surface area contributed by atoms with Crippen molar-refractivity contribution in [1.29, 1.82) is 0 Å². The summed E-state index contributed by atoms with van der Waals surface area (Å²) in [6.07, 6.45) is 0.559. The van der Waals surface area contributed by atoms with Crippen LogP contribution in [0.15, 0.2) is 18.2 Å². The molecule has 11 heteroatoms. The molecule has 0 amide bonds. The number of nitrogens with zero attached hydrogens (tertiary/aromatic N) is 3. The van der Waals surface area contributed by atoms with Crippen LogP contribution in [-0.4, -0.2) is 67.3 Å². The SMILES string of the molecule is COC(=O)C1(C(=O)OC)Cc2c(C)nc(-c3cccc(-c4nc(C)c5c(c4C)CC(C(=O)OC)(C(=O)OC)C5)n3)c(C)c2C1. The molecule has 3 aromatic rings. The van der Waals surface area contributed by atoms with Crippen LogP contribution in [0, 0.1) is 38.5 Å². The van der Waals surface area contributed by atoms with E-state index >= 15 is 0 Å². The Balaban J connectivity index is 1.58. The van der Waals surface area contributed by atoms with E-state index < -0.39 is 34.7 Å². The molecule has 0 aliphatic heterocycles. The zero-order valence-electron chi connectivity index (χ0n) is 26.2. The van der Waals surface area contributed by atoms with Crippen LogP contribution in [0.5, 0.6) is 0 Å². The highest BCUT2D eigenvalue weighted by Gasteiger charge is 2.55. The summed E-state index contributed by atoms with van der Waals surface area (Å²) in [6, 6.07) is 5.57. The molecule has 3 heterocycles. The van der Waals surface area contributed by atoms with Crippen molar-refractivity contribution in [3.05, 3.63) is 63.0 Å². The molecule has 0 spiro atoms. The lowest BCUT2D eigenvalue weighted by Gasteiger charge is -2.22. The fraction of sp³-hybridized carbons (Fsp3) is 0.424. The van der Waals surface area contributed by atoms with Gasteiger partial charge in [0.25, 0.3) is 0 Å². The Morgan fingerprint density at radius 2 is 0.864 bits per heavy atom. The topological polar surface area (TPSA) is 144 Å². The molecule has 2 aliphatic rings. The summed E-state index contributed by atoms with van der Waals surface area (Å²) in [4.78, 5) is 66.1. The summed E-state index contributed by atoms with van der Waals surface area (Å²) in [5, 5.41) is 0. The van der Waals surface area contributed by atoms with E-state index in [1.165, 1.54) is 28.4 Å².